The molecule has 0 fully saturated rings. The van der Waals surface area contributed by atoms with Gasteiger partial charge in [-0.15, -0.1) is 0 Å². The van der Waals surface area contributed by atoms with Crippen LogP contribution in [0.15, 0.2) is 36.5 Å². The third-order valence-corrected chi connectivity index (χ3v) is 4.99. The number of hydrogen-bond acceptors (Lipinski definition) is 4. The van der Waals surface area contributed by atoms with E-state index in [-0.39, 0.29) is 11.5 Å². The highest BCUT2D eigenvalue weighted by Gasteiger charge is 2.08. The number of para-hydroxylation sites is 1. The van der Waals surface area contributed by atoms with Gasteiger partial charge < -0.3 is 5.32 Å². The molecule has 2 rings (SSSR count). The summed E-state index contributed by atoms with van der Waals surface area (Å²) in [7, 11) is -2.91. The monoisotopic (exact) mass is 292 g/mol. The smallest absolute Gasteiger partial charge is 0.151 e. The Morgan fingerprint density at radius 1 is 1.15 bits per heavy atom. The number of fused-ring (bicyclic) bond motifs is 1. The summed E-state index contributed by atoms with van der Waals surface area (Å²) in [5, 5.41) is 4.29. The Balaban J connectivity index is 1.94. The normalized spacial score (nSPS) is 11.8. The van der Waals surface area contributed by atoms with Crippen molar-refractivity contribution >= 4 is 20.7 Å². The highest BCUT2D eigenvalue weighted by atomic mass is 32.2. The molecule has 0 atom stereocenters. The highest BCUT2D eigenvalue weighted by Crippen LogP contribution is 2.15. The maximum Gasteiger partial charge on any atom is 0.151 e. The quantitative estimate of drug-likeness (QED) is 0.794. The molecule has 1 aromatic carbocycles. The van der Waals surface area contributed by atoms with Crippen molar-refractivity contribution in [3.63, 3.8) is 0 Å². The van der Waals surface area contributed by atoms with Gasteiger partial charge in [-0.2, -0.15) is 0 Å². The molecule has 1 heterocycles. The zero-order chi connectivity index (χ0) is 14.4. The molecule has 5 heteroatoms. The molecule has 4 nitrogen and oxygen atoms in total. The average Bonchev–Trinajstić information content (AvgIpc) is 2.43. The number of aromatic nitrogens is 1. The van der Waals surface area contributed by atoms with Crippen LogP contribution in [0.5, 0.6) is 0 Å². The van der Waals surface area contributed by atoms with Gasteiger partial charge in [0.2, 0.25) is 0 Å². The molecule has 0 spiro atoms. The van der Waals surface area contributed by atoms with Gasteiger partial charge in [0.15, 0.2) is 9.84 Å². The fourth-order valence-corrected chi connectivity index (χ4v) is 3.46. The molecule has 0 radical (unpaired) electrons. The summed E-state index contributed by atoms with van der Waals surface area (Å²) in [5.74, 6) is 0.462. The molecule has 108 valence electrons. The van der Waals surface area contributed by atoms with Crippen LogP contribution in [0.4, 0.5) is 0 Å². The highest BCUT2D eigenvalue weighted by molar-refractivity contribution is 7.91. The Labute approximate surface area is 120 Å². The van der Waals surface area contributed by atoms with E-state index in [4.69, 9.17) is 0 Å². The Morgan fingerprint density at radius 2 is 1.95 bits per heavy atom. The lowest BCUT2D eigenvalue weighted by molar-refractivity contribution is 0.589. The summed E-state index contributed by atoms with van der Waals surface area (Å²) in [6.07, 6.45) is 2.45. The summed E-state index contributed by atoms with van der Waals surface area (Å²) in [5.41, 5.74) is 2.06. The van der Waals surface area contributed by atoms with Crippen LogP contribution < -0.4 is 5.32 Å². The molecule has 0 saturated heterocycles. The number of pyridine rings is 1. The Kier molecular flexibility index (Phi) is 5.09. The fraction of sp³-hybridized carbons (Fsp3) is 0.400. The molecular weight excluding hydrogens is 272 g/mol. The van der Waals surface area contributed by atoms with Gasteiger partial charge in [0.25, 0.3) is 0 Å². The molecule has 0 saturated carbocycles. The van der Waals surface area contributed by atoms with E-state index in [1.165, 1.54) is 0 Å². The molecule has 0 unspecified atom stereocenters. The lowest BCUT2D eigenvalue weighted by Gasteiger charge is -2.08. The lowest BCUT2D eigenvalue weighted by atomic mass is 10.1. The van der Waals surface area contributed by atoms with Gasteiger partial charge >= 0.3 is 0 Å². The van der Waals surface area contributed by atoms with E-state index in [0.29, 0.717) is 19.5 Å². The molecular formula is C15H20N2O2S. The number of hydrogen-bond donors (Lipinski definition) is 1. The molecule has 20 heavy (non-hydrogen) atoms. The van der Waals surface area contributed by atoms with Gasteiger partial charge in [-0.05, 0) is 18.1 Å². The van der Waals surface area contributed by atoms with Crippen molar-refractivity contribution in [3.8, 4) is 0 Å². The minimum Gasteiger partial charge on any atom is -0.312 e. The van der Waals surface area contributed by atoms with Crippen LogP contribution in [0.1, 0.15) is 18.9 Å². The topological polar surface area (TPSA) is 59.1 Å². The molecule has 2 aromatic rings. The van der Waals surface area contributed by atoms with Crippen molar-refractivity contribution in [2.75, 3.05) is 18.1 Å². The van der Waals surface area contributed by atoms with Crippen LogP contribution in [-0.2, 0) is 16.4 Å². The average molecular weight is 292 g/mol. The predicted octanol–water partition coefficient (Wildman–Crippen LogP) is 2.15. The van der Waals surface area contributed by atoms with Crippen LogP contribution >= 0.6 is 0 Å². The third-order valence-electron chi connectivity index (χ3n) is 3.14. The lowest BCUT2D eigenvalue weighted by Crippen LogP contribution is -2.24. The molecule has 0 aliphatic rings. The summed E-state index contributed by atoms with van der Waals surface area (Å²) < 4.78 is 23.2. The standard InChI is InChI=1S/C15H20N2O2S/c1-2-10-20(18,19)11-9-16-12-14-6-3-5-13-7-4-8-17-15(13)14/h3-8,16H,2,9-12H2,1H3. The van der Waals surface area contributed by atoms with Crippen LogP contribution in [0.25, 0.3) is 10.9 Å². The van der Waals surface area contributed by atoms with Crippen LogP contribution in [-0.4, -0.2) is 31.5 Å². The largest absolute Gasteiger partial charge is 0.312 e. The Morgan fingerprint density at radius 3 is 2.75 bits per heavy atom. The van der Waals surface area contributed by atoms with Crippen LogP contribution in [0.3, 0.4) is 0 Å². The van der Waals surface area contributed by atoms with Gasteiger partial charge in [0.05, 0.1) is 11.3 Å². The van der Waals surface area contributed by atoms with Gasteiger partial charge in [-0.3, -0.25) is 4.98 Å². The molecule has 0 aliphatic heterocycles. The van der Waals surface area contributed by atoms with Gasteiger partial charge in [-0.25, -0.2) is 8.42 Å². The van der Waals surface area contributed by atoms with E-state index in [9.17, 15) is 8.42 Å². The first-order valence-electron chi connectivity index (χ1n) is 6.86. The summed E-state index contributed by atoms with van der Waals surface area (Å²) in [6, 6.07) is 9.98. The van der Waals surface area contributed by atoms with E-state index >= 15 is 0 Å². The van der Waals surface area contributed by atoms with E-state index in [0.717, 1.165) is 16.5 Å². The second-order valence-corrected chi connectivity index (χ2v) is 7.12. The number of sulfone groups is 1. The molecule has 0 bridgehead atoms. The second-order valence-electron chi connectivity index (χ2n) is 4.82. The minimum absolute atomic E-state index is 0.193. The fourth-order valence-electron chi connectivity index (χ4n) is 2.17. The van der Waals surface area contributed by atoms with Crippen molar-refractivity contribution in [1.29, 1.82) is 0 Å². The third kappa shape index (κ3) is 4.02. The van der Waals surface area contributed by atoms with Crippen LogP contribution in [0, 0.1) is 0 Å². The summed E-state index contributed by atoms with van der Waals surface area (Å²) in [4.78, 5) is 4.38. The molecule has 1 aromatic heterocycles. The van der Waals surface area contributed by atoms with Crippen molar-refractivity contribution in [1.82, 2.24) is 10.3 Å². The second kappa shape index (κ2) is 6.81. The zero-order valence-corrected chi connectivity index (χ0v) is 12.5. The first kappa shape index (κ1) is 14.9. The first-order valence-corrected chi connectivity index (χ1v) is 8.68. The van der Waals surface area contributed by atoms with E-state index < -0.39 is 9.84 Å². The first-order chi connectivity index (χ1) is 9.62. The maximum absolute atomic E-state index is 11.6. The van der Waals surface area contributed by atoms with Crippen molar-refractivity contribution in [2.45, 2.75) is 19.9 Å². The summed E-state index contributed by atoms with van der Waals surface area (Å²) in [6.45, 7) is 2.99. The SMILES string of the molecule is CCCS(=O)(=O)CCNCc1cccc2cccnc12. The van der Waals surface area contributed by atoms with Gasteiger partial charge in [0, 0.05) is 30.4 Å². The molecule has 0 amide bonds. The van der Waals surface area contributed by atoms with Gasteiger partial charge in [0.1, 0.15) is 0 Å². The number of nitrogens with one attached hydrogen (secondary N) is 1. The predicted molar refractivity (Wildman–Crippen MR) is 82.4 cm³/mol. The number of nitrogens with zero attached hydrogens (tertiary/aromatic N) is 1. The maximum atomic E-state index is 11.6. The van der Waals surface area contributed by atoms with Crippen molar-refractivity contribution < 1.29 is 8.42 Å². The summed E-state index contributed by atoms with van der Waals surface area (Å²) >= 11 is 0. The minimum atomic E-state index is -2.91. The van der Waals surface area contributed by atoms with E-state index in [1.807, 2.05) is 37.3 Å². The van der Waals surface area contributed by atoms with E-state index in [2.05, 4.69) is 10.3 Å². The number of benzene rings is 1. The van der Waals surface area contributed by atoms with E-state index in [1.54, 1.807) is 6.20 Å². The van der Waals surface area contributed by atoms with Crippen molar-refractivity contribution in [2.24, 2.45) is 0 Å². The Bertz CT molecular complexity index is 663. The van der Waals surface area contributed by atoms with Gasteiger partial charge in [-0.1, -0.05) is 31.2 Å². The molecule has 0 aliphatic carbocycles. The van der Waals surface area contributed by atoms with Crippen molar-refractivity contribution in [3.05, 3.63) is 42.1 Å². The molecule has 1 N–H and O–H groups in total. The zero-order valence-electron chi connectivity index (χ0n) is 11.7. The Hall–Kier alpha value is -1.46. The number of rotatable bonds is 7. The van der Waals surface area contributed by atoms with Crippen LogP contribution in [0.2, 0.25) is 0 Å².